The highest BCUT2D eigenvalue weighted by Gasteiger charge is 2.39. The highest BCUT2D eigenvalue weighted by atomic mass is 16.3. The van der Waals surface area contributed by atoms with Crippen LogP contribution in [0, 0.1) is 0 Å². The number of aliphatic hydroxyl groups excluding tert-OH is 2. The van der Waals surface area contributed by atoms with E-state index in [4.69, 9.17) is 0 Å². The molecule has 13 heavy (non-hydrogen) atoms. The zero-order valence-electron chi connectivity index (χ0n) is 8.99. The van der Waals surface area contributed by atoms with Crippen molar-refractivity contribution in [2.75, 3.05) is 6.54 Å². The van der Waals surface area contributed by atoms with Crippen molar-refractivity contribution in [3.63, 3.8) is 0 Å². The lowest BCUT2D eigenvalue weighted by atomic mass is 10.0. The predicted molar refractivity (Wildman–Crippen MR) is 52.6 cm³/mol. The fourth-order valence-corrected chi connectivity index (χ4v) is 2.07. The lowest BCUT2D eigenvalue weighted by Crippen LogP contribution is -2.48. The minimum Gasteiger partial charge on any atom is -0.392 e. The van der Waals surface area contributed by atoms with Gasteiger partial charge in [0, 0.05) is 18.1 Å². The molecule has 0 amide bonds. The highest BCUT2D eigenvalue weighted by molar-refractivity contribution is 4.94. The largest absolute Gasteiger partial charge is 0.392 e. The number of nitrogens with zero attached hydrogens (tertiary/aromatic N) is 1. The molecule has 0 radical (unpaired) electrons. The predicted octanol–water partition coefficient (Wildman–Crippen LogP) is 0.601. The third kappa shape index (κ3) is 2.42. The number of hydrogen-bond acceptors (Lipinski definition) is 3. The first-order valence-corrected chi connectivity index (χ1v) is 4.95. The monoisotopic (exact) mass is 187 g/mol. The first-order valence-electron chi connectivity index (χ1n) is 4.95. The Bertz CT molecular complexity index is 174. The maximum Gasteiger partial charge on any atom is 0.0683 e. The van der Waals surface area contributed by atoms with E-state index in [1.165, 1.54) is 0 Å². The van der Waals surface area contributed by atoms with Gasteiger partial charge in [0.1, 0.15) is 0 Å². The molecule has 0 spiro atoms. The van der Waals surface area contributed by atoms with Crippen LogP contribution in [-0.2, 0) is 0 Å². The van der Waals surface area contributed by atoms with Crippen LogP contribution in [0.5, 0.6) is 0 Å². The van der Waals surface area contributed by atoms with Crippen molar-refractivity contribution in [1.29, 1.82) is 0 Å². The zero-order valence-corrected chi connectivity index (χ0v) is 8.99. The number of rotatable bonds is 1. The number of hydrogen-bond donors (Lipinski definition) is 2. The topological polar surface area (TPSA) is 43.7 Å². The first kappa shape index (κ1) is 11.0. The lowest BCUT2D eigenvalue weighted by molar-refractivity contribution is 0.0341. The molecule has 2 N–H and O–H groups in total. The van der Waals surface area contributed by atoms with Crippen molar-refractivity contribution in [2.24, 2.45) is 0 Å². The Morgan fingerprint density at radius 1 is 1.38 bits per heavy atom. The molecule has 1 aliphatic rings. The minimum absolute atomic E-state index is 0.0269. The van der Waals surface area contributed by atoms with E-state index in [0.29, 0.717) is 13.0 Å². The van der Waals surface area contributed by atoms with Crippen molar-refractivity contribution >= 4 is 0 Å². The molecule has 1 saturated heterocycles. The highest BCUT2D eigenvalue weighted by Crippen LogP contribution is 2.28. The quantitative estimate of drug-likeness (QED) is 0.632. The van der Waals surface area contributed by atoms with Gasteiger partial charge < -0.3 is 10.2 Å². The summed E-state index contributed by atoms with van der Waals surface area (Å²) in [5.41, 5.74) is 0.0269. The smallest absolute Gasteiger partial charge is 0.0683 e. The Morgan fingerprint density at radius 2 is 1.92 bits per heavy atom. The van der Waals surface area contributed by atoms with Gasteiger partial charge >= 0.3 is 0 Å². The molecule has 0 aromatic carbocycles. The first-order chi connectivity index (χ1) is 5.82. The number of aliphatic hydroxyl groups is 2. The number of likely N-dealkylation sites (tertiary alicyclic amines) is 1. The summed E-state index contributed by atoms with van der Waals surface area (Å²) in [5.74, 6) is 0. The van der Waals surface area contributed by atoms with Crippen molar-refractivity contribution in [3.8, 4) is 0 Å². The fraction of sp³-hybridized carbons (Fsp3) is 1.00. The average molecular weight is 187 g/mol. The van der Waals surface area contributed by atoms with Crippen molar-refractivity contribution in [1.82, 2.24) is 4.90 Å². The SMILES string of the molecule is CC(O)C1CC(O)CN1C(C)(C)C. The average Bonchev–Trinajstić information content (AvgIpc) is 2.29. The van der Waals surface area contributed by atoms with Gasteiger partial charge in [-0.1, -0.05) is 0 Å². The summed E-state index contributed by atoms with van der Waals surface area (Å²) in [4.78, 5) is 2.18. The molecule has 3 unspecified atom stereocenters. The zero-order chi connectivity index (χ0) is 10.2. The van der Waals surface area contributed by atoms with Gasteiger partial charge in [0.25, 0.3) is 0 Å². The van der Waals surface area contributed by atoms with E-state index >= 15 is 0 Å². The molecule has 3 nitrogen and oxygen atoms in total. The van der Waals surface area contributed by atoms with Crippen molar-refractivity contribution < 1.29 is 10.2 Å². The van der Waals surface area contributed by atoms with Gasteiger partial charge in [0.2, 0.25) is 0 Å². The summed E-state index contributed by atoms with van der Waals surface area (Å²) in [6.07, 6.45) is 0.0461. The molecule has 0 saturated carbocycles. The number of β-amino-alcohol motifs (C(OH)–C–C–N with tert-alkyl or cyclic N) is 1. The van der Waals surface area contributed by atoms with Gasteiger partial charge in [0.15, 0.2) is 0 Å². The Labute approximate surface area is 80.4 Å². The summed E-state index contributed by atoms with van der Waals surface area (Å²) >= 11 is 0. The minimum atomic E-state index is -0.364. The van der Waals surface area contributed by atoms with Crippen LogP contribution in [-0.4, -0.2) is 45.4 Å². The standard InChI is InChI=1S/C10H21NO2/c1-7(12)9-5-8(13)6-11(9)10(2,3)4/h7-9,12-13H,5-6H2,1-4H3. The van der Waals surface area contributed by atoms with Crippen LogP contribution in [0.2, 0.25) is 0 Å². The second kappa shape index (κ2) is 3.56. The molecule has 1 aliphatic heterocycles. The molecule has 0 aliphatic carbocycles. The van der Waals surface area contributed by atoms with Gasteiger partial charge in [-0.15, -0.1) is 0 Å². The maximum atomic E-state index is 9.55. The van der Waals surface area contributed by atoms with Gasteiger partial charge in [0.05, 0.1) is 12.2 Å². The third-order valence-corrected chi connectivity index (χ3v) is 2.74. The fourth-order valence-electron chi connectivity index (χ4n) is 2.07. The Balaban J connectivity index is 2.72. The van der Waals surface area contributed by atoms with Gasteiger partial charge in [-0.25, -0.2) is 0 Å². The molecule has 1 heterocycles. The second-order valence-electron chi connectivity index (χ2n) is 5.02. The summed E-state index contributed by atoms with van der Waals surface area (Å²) < 4.78 is 0. The van der Waals surface area contributed by atoms with E-state index in [1.807, 2.05) is 0 Å². The molecule has 0 aromatic rings. The summed E-state index contributed by atoms with van der Waals surface area (Å²) in [7, 11) is 0. The van der Waals surface area contributed by atoms with E-state index in [9.17, 15) is 10.2 Å². The Hall–Kier alpha value is -0.120. The van der Waals surface area contributed by atoms with E-state index in [2.05, 4.69) is 25.7 Å². The van der Waals surface area contributed by atoms with Crippen LogP contribution in [0.3, 0.4) is 0 Å². The third-order valence-electron chi connectivity index (χ3n) is 2.74. The van der Waals surface area contributed by atoms with E-state index in [-0.39, 0.29) is 23.8 Å². The molecule has 0 aromatic heterocycles. The van der Waals surface area contributed by atoms with Gasteiger partial charge in [-0.05, 0) is 34.1 Å². The van der Waals surface area contributed by atoms with E-state index in [0.717, 1.165) is 0 Å². The van der Waals surface area contributed by atoms with Gasteiger partial charge in [-0.3, -0.25) is 4.90 Å². The lowest BCUT2D eigenvalue weighted by Gasteiger charge is -2.37. The Kier molecular flexibility index (Phi) is 3.00. The summed E-state index contributed by atoms with van der Waals surface area (Å²) in [6.45, 7) is 8.81. The van der Waals surface area contributed by atoms with E-state index < -0.39 is 0 Å². The molecule has 78 valence electrons. The van der Waals surface area contributed by atoms with Crippen molar-refractivity contribution in [2.45, 2.75) is 57.9 Å². The van der Waals surface area contributed by atoms with Gasteiger partial charge in [-0.2, -0.15) is 0 Å². The van der Waals surface area contributed by atoms with Crippen LogP contribution in [0.25, 0.3) is 0 Å². The molecule has 1 fully saturated rings. The summed E-state index contributed by atoms with van der Waals surface area (Å²) in [6, 6.07) is 0.106. The van der Waals surface area contributed by atoms with Crippen LogP contribution >= 0.6 is 0 Å². The molecular weight excluding hydrogens is 166 g/mol. The molecule has 1 rings (SSSR count). The molecule has 3 atom stereocenters. The van der Waals surface area contributed by atoms with Crippen LogP contribution in [0.15, 0.2) is 0 Å². The van der Waals surface area contributed by atoms with Crippen LogP contribution in [0.4, 0.5) is 0 Å². The molecular formula is C10H21NO2. The van der Waals surface area contributed by atoms with Crippen LogP contribution in [0.1, 0.15) is 34.1 Å². The second-order valence-corrected chi connectivity index (χ2v) is 5.02. The van der Waals surface area contributed by atoms with Crippen molar-refractivity contribution in [3.05, 3.63) is 0 Å². The normalized spacial score (nSPS) is 33.7. The van der Waals surface area contributed by atoms with Crippen LogP contribution < -0.4 is 0 Å². The maximum absolute atomic E-state index is 9.55. The Morgan fingerprint density at radius 3 is 2.23 bits per heavy atom. The van der Waals surface area contributed by atoms with E-state index in [1.54, 1.807) is 6.92 Å². The summed E-state index contributed by atoms with van der Waals surface area (Å²) in [5, 5.41) is 19.1. The molecule has 3 heteroatoms. The molecule has 0 bridgehead atoms.